The third-order valence-corrected chi connectivity index (χ3v) is 2.78. The molecule has 3 atom stereocenters. The average molecular weight is 244 g/mol. The molecular formula is C9H12N2O4S. The van der Waals surface area contributed by atoms with Crippen molar-refractivity contribution < 1.29 is 14.9 Å². The summed E-state index contributed by atoms with van der Waals surface area (Å²) < 4.78 is 7.00. The number of aromatic amines is 1. The Morgan fingerprint density at radius 3 is 3.00 bits per heavy atom. The lowest BCUT2D eigenvalue weighted by Crippen LogP contribution is -2.27. The molecule has 1 aliphatic rings. The monoisotopic (exact) mass is 244 g/mol. The van der Waals surface area contributed by atoms with Crippen LogP contribution in [0.3, 0.4) is 0 Å². The number of nitrogens with one attached hydrogen (secondary N) is 1. The van der Waals surface area contributed by atoms with E-state index in [1.165, 1.54) is 10.8 Å². The zero-order valence-corrected chi connectivity index (χ0v) is 9.18. The summed E-state index contributed by atoms with van der Waals surface area (Å²) in [6, 6.07) is 1.57. The van der Waals surface area contributed by atoms with Gasteiger partial charge in [-0.1, -0.05) is 12.2 Å². The predicted octanol–water partition coefficient (Wildman–Crippen LogP) is -0.453. The molecular weight excluding hydrogens is 232 g/mol. The molecule has 0 aliphatic carbocycles. The van der Waals surface area contributed by atoms with Gasteiger partial charge in [-0.25, -0.2) is 4.79 Å². The van der Waals surface area contributed by atoms with Gasteiger partial charge in [0.25, 0.3) is 0 Å². The van der Waals surface area contributed by atoms with Crippen molar-refractivity contribution in [2.45, 2.75) is 24.9 Å². The fraction of sp³-hybridized carbons (Fsp3) is 0.556. The maximum atomic E-state index is 11.5. The summed E-state index contributed by atoms with van der Waals surface area (Å²) in [5.74, 6) is 0. The maximum absolute atomic E-state index is 11.5. The summed E-state index contributed by atoms with van der Waals surface area (Å²) in [6.07, 6.45) is -0.176. The minimum Gasteiger partial charge on any atom is -0.394 e. The molecule has 2 heterocycles. The number of H-pyrrole nitrogens is 1. The normalized spacial score (nSPS) is 29.5. The molecule has 0 bridgehead atoms. The van der Waals surface area contributed by atoms with E-state index in [0.717, 1.165) is 0 Å². The first kappa shape index (κ1) is 11.5. The van der Waals surface area contributed by atoms with Gasteiger partial charge < -0.3 is 14.9 Å². The third-order valence-electron chi connectivity index (χ3n) is 2.55. The first-order valence-electron chi connectivity index (χ1n) is 4.87. The molecule has 0 radical (unpaired) electrons. The van der Waals surface area contributed by atoms with Crippen LogP contribution in [0.5, 0.6) is 0 Å². The van der Waals surface area contributed by atoms with Crippen LogP contribution < -0.4 is 5.69 Å². The molecule has 6 nitrogen and oxygen atoms in total. The van der Waals surface area contributed by atoms with E-state index in [-0.39, 0.29) is 18.7 Å². The smallest absolute Gasteiger partial charge is 0.328 e. The van der Waals surface area contributed by atoms with E-state index in [1.54, 1.807) is 6.07 Å². The lowest BCUT2D eigenvalue weighted by molar-refractivity contribution is -0.0459. The van der Waals surface area contributed by atoms with Crippen LogP contribution in [0.2, 0.25) is 0 Å². The van der Waals surface area contributed by atoms with Gasteiger partial charge in [-0.3, -0.25) is 9.55 Å². The van der Waals surface area contributed by atoms with E-state index < -0.39 is 18.4 Å². The molecule has 1 aromatic rings. The van der Waals surface area contributed by atoms with E-state index in [1.807, 2.05) is 0 Å². The van der Waals surface area contributed by atoms with Gasteiger partial charge in [-0.2, -0.15) is 0 Å². The van der Waals surface area contributed by atoms with Gasteiger partial charge >= 0.3 is 5.69 Å². The second-order valence-corrected chi connectivity index (χ2v) is 4.07. The molecule has 1 aromatic heterocycles. The van der Waals surface area contributed by atoms with Crippen LogP contribution >= 0.6 is 12.2 Å². The fourth-order valence-corrected chi connectivity index (χ4v) is 1.85. The van der Waals surface area contributed by atoms with Gasteiger partial charge in [0, 0.05) is 12.6 Å². The van der Waals surface area contributed by atoms with Gasteiger partial charge in [-0.15, -0.1) is 0 Å². The second kappa shape index (κ2) is 4.46. The summed E-state index contributed by atoms with van der Waals surface area (Å²) >= 11 is 4.80. The van der Waals surface area contributed by atoms with Gasteiger partial charge in [0.15, 0.2) is 0 Å². The Kier molecular flexibility index (Phi) is 3.20. The quantitative estimate of drug-likeness (QED) is 0.613. The number of aromatic nitrogens is 2. The molecule has 1 saturated heterocycles. The third kappa shape index (κ3) is 2.07. The Morgan fingerprint density at radius 1 is 1.69 bits per heavy atom. The van der Waals surface area contributed by atoms with Gasteiger partial charge in [-0.05, 0) is 6.07 Å². The van der Waals surface area contributed by atoms with Crippen molar-refractivity contribution in [3.8, 4) is 0 Å². The van der Waals surface area contributed by atoms with Crippen LogP contribution in [-0.4, -0.2) is 38.6 Å². The summed E-state index contributed by atoms with van der Waals surface area (Å²) in [5, 5.41) is 18.5. The highest BCUT2D eigenvalue weighted by Gasteiger charge is 2.34. The number of rotatable bonds is 2. The number of aliphatic hydroxyl groups is 2. The van der Waals surface area contributed by atoms with E-state index in [4.69, 9.17) is 22.1 Å². The van der Waals surface area contributed by atoms with Crippen molar-refractivity contribution >= 4 is 12.2 Å². The van der Waals surface area contributed by atoms with E-state index in [9.17, 15) is 9.90 Å². The molecule has 1 aliphatic heterocycles. The molecule has 1 fully saturated rings. The number of nitrogens with zero attached hydrogens (tertiary/aromatic N) is 1. The fourth-order valence-electron chi connectivity index (χ4n) is 1.70. The minimum atomic E-state index is -0.759. The van der Waals surface area contributed by atoms with Crippen LogP contribution in [0.15, 0.2) is 17.1 Å². The summed E-state index contributed by atoms with van der Waals surface area (Å²) in [6.45, 7) is -0.269. The van der Waals surface area contributed by atoms with Crippen LogP contribution in [0.4, 0.5) is 0 Å². The summed E-state index contributed by atoms with van der Waals surface area (Å²) in [5.41, 5.74) is -0.386. The minimum absolute atomic E-state index is 0.269. The topological polar surface area (TPSA) is 87.5 Å². The standard InChI is InChI=1S/C9H12N2O4S/c12-4-6-5(13)3-8(15-6)11-2-1-7(16)10-9(11)14/h1-2,5-6,8,12-13H,3-4H2,(H,10,14,16)/t5-,6+,8+/m0/s1. The largest absolute Gasteiger partial charge is 0.394 e. The second-order valence-electron chi connectivity index (χ2n) is 3.63. The molecule has 0 aromatic carbocycles. The van der Waals surface area contributed by atoms with Crippen LogP contribution in [0.1, 0.15) is 12.6 Å². The molecule has 2 rings (SSSR count). The van der Waals surface area contributed by atoms with E-state index in [0.29, 0.717) is 4.64 Å². The summed E-state index contributed by atoms with van der Waals surface area (Å²) in [4.78, 5) is 14.0. The van der Waals surface area contributed by atoms with Crippen molar-refractivity contribution in [1.29, 1.82) is 0 Å². The lowest BCUT2D eigenvalue weighted by atomic mass is 10.2. The van der Waals surface area contributed by atoms with Crippen molar-refractivity contribution in [2.24, 2.45) is 0 Å². The SMILES string of the molecule is O=c1[nH]c(=S)ccn1[C@H]1C[C@H](O)[C@@H](CO)O1. The predicted molar refractivity (Wildman–Crippen MR) is 57.5 cm³/mol. The highest BCUT2D eigenvalue weighted by atomic mass is 32.1. The maximum Gasteiger partial charge on any atom is 0.328 e. The zero-order valence-electron chi connectivity index (χ0n) is 8.37. The first-order chi connectivity index (χ1) is 7.61. The van der Waals surface area contributed by atoms with Gasteiger partial charge in [0.2, 0.25) is 0 Å². The van der Waals surface area contributed by atoms with Crippen LogP contribution in [0, 0.1) is 4.64 Å². The molecule has 3 N–H and O–H groups in total. The molecule has 16 heavy (non-hydrogen) atoms. The highest BCUT2D eigenvalue weighted by molar-refractivity contribution is 7.71. The number of aliphatic hydroxyl groups excluding tert-OH is 2. The highest BCUT2D eigenvalue weighted by Crippen LogP contribution is 2.26. The summed E-state index contributed by atoms with van der Waals surface area (Å²) in [7, 11) is 0. The van der Waals surface area contributed by atoms with E-state index >= 15 is 0 Å². The Hall–Kier alpha value is -1.02. The molecule has 0 unspecified atom stereocenters. The van der Waals surface area contributed by atoms with E-state index in [2.05, 4.69) is 4.98 Å². The first-order valence-corrected chi connectivity index (χ1v) is 5.28. The Bertz CT molecular complexity index is 483. The van der Waals surface area contributed by atoms with Crippen molar-refractivity contribution in [3.63, 3.8) is 0 Å². The lowest BCUT2D eigenvalue weighted by Gasteiger charge is -2.13. The number of ether oxygens (including phenoxy) is 1. The number of hydrogen-bond acceptors (Lipinski definition) is 5. The molecule has 0 amide bonds. The van der Waals surface area contributed by atoms with Crippen LogP contribution in [0.25, 0.3) is 0 Å². The van der Waals surface area contributed by atoms with Crippen LogP contribution in [-0.2, 0) is 4.74 Å². The van der Waals surface area contributed by atoms with Crippen molar-refractivity contribution in [2.75, 3.05) is 6.61 Å². The number of hydrogen-bond donors (Lipinski definition) is 3. The molecule has 7 heteroatoms. The zero-order chi connectivity index (χ0) is 11.7. The molecule has 0 spiro atoms. The van der Waals surface area contributed by atoms with Gasteiger partial charge in [0.1, 0.15) is 17.0 Å². The molecule has 0 saturated carbocycles. The Morgan fingerprint density at radius 2 is 2.44 bits per heavy atom. The van der Waals surface area contributed by atoms with Gasteiger partial charge in [0.05, 0.1) is 12.7 Å². The Labute approximate surface area is 96.1 Å². The Balaban J connectivity index is 2.27. The molecule has 88 valence electrons. The van der Waals surface area contributed by atoms with Crippen molar-refractivity contribution in [3.05, 3.63) is 27.4 Å². The van der Waals surface area contributed by atoms with Crippen molar-refractivity contribution in [1.82, 2.24) is 9.55 Å². The average Bonchev–Trinajstić information content (AvgIpc) is 2.59.